The highest BCUT2D eigenvalue weighted by atomic mass is 19.1. The Balaban J connectivity index is 2.19. The molecule has 0 aliphatic rings. The van der Waals surface area contributed by atoms with Gasteiger partial charge >= 0.3 is 0 Å². The van der Waals surface area contributed by atoms with Crippen LogP contribution in [0.5, 0.6) is 0 Å². The van der Waals surface area contributed by atoms with Crippen molar-refractivity contribution in [2.45, 2.75) is 6.54 Å². The van der Waals surface area contributed by atoms with Gasteiger partial charge in [0, 0.05) is 19.7 Å². The largest absolute Gasteiger partial charge is 0.383 e. The van der Waals surface area contributed by atoms with Crippen molar-refractivity contribution in [2.24, 2.45) is 0 Å². The van der Waals surface area contributed by atoms with Gasteiger partial charge in [0.1, 0.15) is 17.5 Å². The van der Waals surface area contributed by atoms with E-state index in [1.807, 2.05) is 18.0 Å². The lowest BCUT2D eigenvalue weighted by atomic mass is 10.2. The van der Waals surface area contributed by atoms with Gasteiger partial charge in [0.15, 0.2) is 0 Å². The average molecular weight is 247 g/mol. The van der Waals surface area contributed by atoms with Crippen LogP contribution >= 0.6 is 0 Å². The summed E-state index contributed by atoms with van der Waals surface area (Å²) < 4.78 is 13.1. The molecule has 0 unspecified atom stereocenters. The molecule has 0 radical (unpaired) electrons. The Morgan fingerprint density at radius 3 is 2.67 bits per heavy atom. The molecule has 4 N–H and O–H groups in total. The molecule has 0 aliphatic heterocycles. The molecule has 2 rings (SSSR count). The molecule has 1 heterocycles. The normalized spacial score (nSPS) is 10.3. The lowest BCUT2D eigenvalue weighted by molar-refractivity contribution is 0.625. The third-order valence-electron chi connectivity index (χ3n) is 2.45. The predicted octanol–water partition coefficient (Wildman–Crippen LogP) is 1.42. The molecule has 94 valence electrons. The van der Waals surface area contributed by atoms with Gasteiger partial charge in [0.05, 0.1) is 0 Å². The second kappa shape index (κ2) is 4.87. The van der Waals surface area contributed by atoms with Crippen molar-refractivity contribution >= 4 is 17.6 Å². The van der Waals surface area contributed by atoms with Crippen LogP contribution in [0.3, 0.4) is 0 Å². The summed E-state index contributed by atoms with van der Waals surface area (Å²) in [5.74, 6) is 0.770. The third-order valence-corrected chi connectivity index (χ3v) is 2.45. The molecule has 0 saturated heterocycles. The van der Waals surface area contributed by atoms with Crippen LogP contribution in [0.2, 0.25) is 0 Å². The molecule has 5 nitrogen and oxygen atoms in total. The first kappa shape index (κ1) is 12.1. The van der Waals surface area contributed by atoms with E-state index in [1.165, 1.54) is 12.1 Å². The van der Waals surface area contributed by atoms with Gasteiger partial charge in [-0.15, -0.1) is 0 Å². The monoisotopic (exact) mass is 247 g/mol. The highest BCUT2D eigenvalue weighted by Gasteiger charge is 2.06. The average Bonchev–Trinajstić information content (AvgIpc) is 2.27. The maximum atomic E-state index is 13.1. The lowest BCUT2D eigenvalue weighted by Crippen LogP contribution is -2.19. The Kier molecular flexibility index (Phi) is 3.27. The summed E-state index contributed by atoms with van der Waals surface area (Å²) in [6.07, 6.45) is 0. The van der Waals surface area contributed by atoms with Crippen LogP contribution in [0.25, 0.3) is 0 Å². The number of aromatic nitrogens is 2. The van der Waals surface area contributed by atoms with Crippen molar-refractivity contribution in [3.05, 3.63) is 41.7 Å². The molecule has 0 bridgehead atoms. The molecule has 2 aromatic rings. The summed E-state index contributed by atoms with van der Waals surface area (Å²) >= 11 is 0. The van der Waals surface area contributed by atoms with Gasteiger partial charge in [-0.3, -0.25) is 0 Å². The molecule has 0 fully saturated rings. The van der Waals surface area contributed by atoms with Gasteiger partial charge < -0.3 is 16.4 Å². The number of halogens is 1. The lowest BCUT2D eigenvalue weighted by Gasteiger charge is -2.18. The molecular formula is C12H14FN5. The van der Waals surface area contributed by atoms with E-state index in [1.54, 1.807) is 12.1 Å². The Hall–Kier alpha value is -2.37. The van der Waals surface area contributed by atoms with Gasteiger partial charge in [-0.05, 0) is 17.7 Å². The molecule has 0 aliphatic carbocycles. The number of nitrogen functional groups attached to an aromatic ring is 2. The van der Waals surface area contributed by atoms with Gasteiger partial charge in [0.25, 0.3) is 0 Å². The molecule has 0 amide bonds. The van der Waals surface area contributed by atoms with Crippen molar-refractivity contribution in [1.82, 2.24) is 9.97 Å². The fourth-order valence-electron chi connectivity index (χ4n) is 1.66. The van der Waals surface area contributed by atoms with Crippen LogP contribution in [0, 0.1) is 5.82 Å². The predicted molar refractivity (Wildman–Crippen MR) is 69.4 cm³/mol. The Morgan fingerprint density at radius 2 is 2.00 bits per heavy atom. The van der Waals surface area contributed by atoms with Crippen LogP contribution in [-0.2, 0) is 6.54 Å². The van der Waals surface area contributed by atoms with Crippen LogP contribution in [0.4, 0.5) is 22.0 Å². The maximum absolute atomic E-state index is 13.1. The number of anilines is 3. The van der Waals surface area contributed by atoms with E-state index in [0.717, 1.165) is 5.56 Å². The second-order valence-electron chi connectivity index (χ2n) is 4.00. The first-order chi connectivity index (χ1) is 8.54. The summed E-state index contributed by atoms with van der Waals surface area (Å²) in [6, 6.07) is 8.01. The number of benzene rings is 1. The Labute approximate surface area is 104 Å². The highest BCUT2D eigenvalue weighted by Crippen LogP contribution is 2.16. The van der Waals surface area contributed by atoms with Gasteiger partial charge in [0.2, 0.25) is 5.95 Å². The molecule has 0 spiro atoms. The summed E-state index contributed by atoms with van der Waals surface area (Å²) in [4.78, 5) is 9.69. The number of rotatable bonds is 3. The molecule has 0 saturated carbocycles. The molecule has 18 heavy (non-hydrogen) atoms. The number of hydrogen-bond donors (Lipinski definition) is 2. The van der Waals surface area contributed by atoms with E-state index in [0.29, 0.717) is 18.2 Å². The highest BCUT2D eigenvalue weighted by molar-refractivity contribution is 5.50. The summed E-state index contributed by atoms with van der Waals surface area (Å²) in [5, 5.41) is 0. The van der Waals surface area contributed by atoms with Gasteiger partial charge in [-0.25, -0.2) is 4.39 Å². The Bertz CT molecular complexity index is 538. The molecule has 1 aromatic carbocycles. The minimum atomic E-state index is -0.261. The van der Waals surface area contributed by atoms with Crippen molar-refractivity contribution in [3.8, 4) is 0 Å². The number of nitrogens with two attached hydrogens (primary N) is 2. The van der Waals surface area contributed by atoms with E-state index in [9.17, 15) is 4.39 Å². The first-order valence-corrected chi connectivity index (χ1v) is 5.40. The van der Waals surface area contributed by atoms with Crippen LogP contribution in [0.15, 0.2) is 30.3 Å². The van der Waals surface area contributed by atoms with E-state index in [-0.39, 0.29) is 11.8 Å². The fourth-order valence-corrected chi connectivity index (χ4v) is 1.66. The fraction of sp³-hybridized carbons (Fsp3) is 0.167. The molecule has 0 atom stereocenters. The van der Waals surface area contributed by atoms with Gasteiger partial charge in [-0.1, -0.05) is 12.1 Å². The topological polar surface area (TPSA) is 81.1 Å². The second-order valence-corrected chi connectivity index (χ2v) is 4.00. The summed E-state index contributed by atoms with van der Waals surface area (Å²) in [7, 11) is 1.83. The summed E-state index contributed by atoms with van der Waals surface area (Å²) in [6.45, 7) is 0.508. The SMILES string of the molecule is CN(Cc1cccc(F)c1)c1cc(N)nc(N)n1. The number of hydrogen-bond acceptors (Lipinski definition) is 5. The minimum absolute atomic E-state index is 0.121. The van der Waals surface area contributed by atoms with E-state index in [4.69, 9.17) is 11.5 Å². The molecule has 1 aromatic heterocycles. The first-order valence-electron chi connectivity index (χ1n) is 5.40. The molecule has 6 heteroatoms. The smallest absolute Gasteiger partial charge is 0.223 e. The summed E-state index contributed by atoms with van der Waals surface area (Å²) in [5.41, 5.74) is 12.0. The zero-order valence-corrected chi connectivity index (χ0v) is 9.97. The minimum Gasteiger partial charge on any atom is -0.383 e. The van der Waals surface area contributed by atoms with Crippen molar-refractivity contribution < 1.29 is 4.39 Å². The Morgan fingerprint density at radius 1 is 1.22 bits per heavy atom. The van der Waals surface area contributed by atoms with E-state index < -0.39 is 0 Å². The van der Waals surface area contributed by atoms with Crippen LogP contribution < -0.4 is 16.4 Å². The van der Waals surface area contributed by atoms with Crippen molar-refractivity contribution in [1.29, 1.82) is 0 Å². The van der Waals surface area contributed by atoms with E-state index >= 15 is 0 Å². The zero-order valence-electron chi connectivity index (χ0n) is 9.97. The quantitative estimate of drug-likeness (QED) is 0.857. The van der Waals surface area contributed by atoms with Crippen LogP contribution in [-0.4, -0.2) is 17.0 Å². The number of nitrogens with zero attached hydrogens (tertiary/aromatic N) is 3. The van der Waals surface area contributed by atoms with E-state index in [2.05, 4.69) is 9.97 Å². The third kappa shape index (κ3) is 2.85. The standard InChI is InChI=1S/C12H14FN5/c1-18(7-8-3-2-4-9(13)5-8)11-6-10(14)16-12(15)17-11/h2-6H,7H2,1H3,(H4,14,15,16,17). The maximum Gasteiger partial charge on any atom is 0.223 e. The molecular weight excluding hydrogens is 233 g/mol. The van der Waals surface area contributed by atoms with Crippen molar-refractivity contribution in [2.75, 3.05) is 23.4 Å². The van der Waals surface area contributed by atoms with Crippen LogP contribution in [0.1, 0.15) is 5.56 Å². The van der Waals surface area contributed by atoms with Crippen molar-refractivity contribution in [3.63, 3.8) is 0 Å². The van der Waals surface area contributed by atoms with Gasteiger partial charge in [-0.2, -0.15) is 9.97 Å². The zero-order chi connectivity index (χ0) is 13.1.